The van der Waals surface area contributed by atoms with E-state index in [4.69, 9.17) is 4.74 Å². The summed E-state index contributed by atoms with van der Waals surface area (Å²) in [7, 11) is 1.38. The van der Waals surface area contributed by atoms with Crippen LogP contribution in [0.5, 0.6) is 0 Å². The number of methoxy groups -OCH3 is 1. The molecule has 0 N–H and O–H groups in total. The maximum atomic E-state index is 13.1. The van der Waals surface area contributed by atoms with Crippen LogP contribution in [0, 0.1) is 13.8 Å². The van der Waals surface area contributed by atoms with Gasteiger partial charge < -0.3 is 14.5 Å². The molecule has 1 atom stereocenters. The summed E-state index contributed by atoms with van der Waals surface area (Å²) < 4.78 is 4.87. The quantitative estimate of drug-likeness (QED) is 0.788. The Balaban J connectivity index is 1.66. The highest BCUT2D eigenvalue weighted by atomic mass is 32.1. The molecule has 0 aromatic carbocycles. The summed E-state index contributed by atoms with van der Waals surface area (Å²) >= 11 is 1.72. The third-order valence-electron chi connectivity index (χ3n) is 5.29. The smallest absolute Gasteiger partial charge is 0.410 e. The number of carbonyl (C=O) groups is 2. The average molecular weight is 381 g/mol. The molecule has 2 aliphatic rings. The Morgan fingerprint density at radius 1 is 1.08 bits per heavy atom. The standard InChI is InChI=1S/C18H28N4O3S/c1-13-14(2)26-17(19-13)21-9-6-8-20(11-12-21)16(23)15-7-4-5-10-22(15)18(24)25-3/h15H,4-12H2,1-3H3. The lowest BCUT2D eigenvalue weighted by Gasteiger charge is -2.36. The molecule has 3 rings (SSSR count). The molecule has 8 heteroatoms. The van der Waals surface area contributed by atoms with Crippen molar-refractivity contribution in [1.82, 2.24) is 14.8 Å². The van der Waals surface area contributed by atoms with Gasteiger partial charge in [-0.15, -0.1) is 11.3 Å². The molecule has 2 amide bonds. The summed E-state index contributed by atoms with van der Waals surface area (Å²) in [5.41, 5.74) is 1.08. The first kappa shape index (κ1) is 18.9. The lowest BCUT2D eigenvalue weighted by Crippen LogP contribution is -2.53. The summed E-state index contributed by atoms with van der Waals surface area (Å²) in [5, 5.41) is 1.04. The van der Waals surface area contributed by atoms with E-state index in [0.29, 0.717) is 13.1 Å². The highest BCUT2D eigenvalue weighted by molar-refractivity contribution is 7.15. The van der Waals surface area contributed by atoms with Crippen molar-refractivity contribution in [3.8, 4) is 0 Å². The first-order valence-corrected chi connectivity index (χ1v) is 10.1. The van der Waals surface area contributed by atoms with Gasteiger partial charge in [0, 0.05) is 37.6 Å². The lowest BCUT2D eigenvalue weighted by molar-refractivity contribution is -0.137. The number of aryl methyl sites for hydroxylation is 2. The van der Waals surface area contributed by atoms with Gasteiger partial charge in [0.2, 0.25) is 5.91 Å². The van der Waals surface area contributed by atoms with Gasteiger partial charge in [-0.25, -0.2) is 9.78 Å². The number of anilines is 1. The molecule has 2 aliphatic heterocycles. The molecule has 2 saturated heterocycles. The zero-order valence-electron chi connectivity index (χ0n) is 15.9. The minimum absolute atomic E-state index is 0.0587. The second-order valence-electron chi connectivity index (χ2n) is 6.98. The van der Waals surface area contributed by atoms with Crippen LogP contribution in [0.25, 0.3) is 0 Å². The molecule has 0 aliphatic carbocycles. The van der Waals surface area contributed by atoms with E-state index >= 15 is 0 Å². The highest BCUT2D eigenvalue weighted by Crippen LogP contribution is 2.26. The van der Waals surface area contributed by atoms with Crippen LogP contribution in [0.1, 0.15) is 36.3 Å². The largest absolute Gasteiger partial charge is 0.453 e. The third-order valence-corrected chi connectivity index (χ3v) is 6.43. The number of rotatable bonds is 2. The van der Waals surface area contributed by atoms with Crippen LogP contribution in [0.15, 0.2) is 0 Å². The maximum Gasteiger partial charge on any atom is 0.410 e. The van der Waals surface area contributed by atoms with E-state index in [1.165, 1.54) is 12.0 Å². The van der Waals surface area contributed by atoms with Crippen molar-refractivity contribution in [3.05, 3.63) is 10.6 Å². The number of piperidine rings is 1. The van der Waals surface area contributed by atoms with Crippen molar-refractivity contribution >= 4 is 28.5 Å². The van der Waals surface area contributed by atoms with Gasteiger partial charge in [0.25, 0.3) is 0 Å². The van der Waals surface area contributed by atoms with Crippen molar-refractivity contribution < 1.29 is 14.3 Å². The zero-order valence-corrected chi connectivity index (χ0v) is 16.7. The van der Waals surface area contributed by atoms with Crippen LogP contribution in [-0.2, 0) is 9.53 Å². The van der Waals surface area contributed by atoms with Gasteiger partial charge in [-0.1, -0.05) is 0 Å². The predicted molar refractivity (Wildman–Crippen MR) is 102 cm³/mol. The molecule has 7 nitrogen and oxygen atoms in total. The van der Waals surface area contributed by atoms with E-state index in [1.54, 1.807) is 16.2 Å². The fourth-order valence-corrected chi connectivity index (χ4v) is 4.62. The monoisotopic (exact) mass is 380 g/mol. The van der Waals surface area contributed by atoms with Crippen molar-refractivity contribution in [1.29, 1.82) is 0 Å². The molecule has 3 heterocycles. The van der Waals surface area contributed by atoms with Crippen molar-refractivity contribution in [2.24, 2.45) is 0 Å². The molecule has 0 spiro atoms. The number of hydrogen-bond acceptors (Lipinski definition) is 6. The van der Waals surface area contributed by atoms with E-state index in [-0.39, 0.29) is 11.9 Å². The second kappa shape index (κ2) is 8.24. The van der Waals surface area contributed by atoms with Crippen LogP contribution < -0.4 is 4.90 Å². The molecule has 1 aromatic rings. The minimum atomic E-state index is -0.395. The van der Waals surface area contributed by atoms with Gasteiger partial charge in [0.05, 0.1) is 12.8 Å². The van der Waals surface area contributed by atoms with Crippen LogP contribution in [-0.4, -0.2) is 72.7 Å². The molecule has 0 bridgehead atoms. The second-order valence-corrected chi connectivity index (χ2v) is 8.16. The van der Waals surface area contributed by atoms with Crippen molar-refractivity contribution in [3.63, 3.8) is 0 Å². The maximum absolute atomic E-state index is 13.1. The Labute approximate surface area is 158 Å². The molecule has 2 fully saturated rings. The van der Waals surface area contributed by atoms with Crippen LogP contribution in [0.3, 0.4) is 0 Å². The predicted octanol–water partition coefficient (Wildman–Crippen LogP) is 2.42. The fourth-order valence-electron chi connectivity index (χ4n) is 3.66. The number of amides is 2. The first-order valence-electron chi connectivity index (χ1n) is 9.33. The van der Waals surface area contributed by atoms with Gasteiger partial charge in [-0.3, -0.25) is 9.69 Å². The van der Waals surface area contributed by atoms with E-state index in [0.717, 1.165) is 56.1 Å². The Hall–Kier alpha value is -1.83. The summed E-state index contributed by atoms with van der Waals surface area (Å²) in [6.07, 6.45) is 3.14. The number of nitrogens with zero attached hydrogens (tertiary/aromatic N) is 4. The number of thiazole rings is 1. The molecule has 1 aromatic heterocycles. The Bertz CT molecular complexity index is 643. The SMILES string of the molecule is COC(=O)N1CCCCC1C(=O)N1CCCN(c2nc(C)c(C)s2)CC1. The summed E-state index contributed by atoms with van der Waals surface area (Å²) in [5.74, 6) is 0.0587. The number of aromatic nitrogens is 1. The molecule has 0 radical (unpaired) electrons. The average Bonchev–Trinajstić information content (AvgIpc) is 2.87. The number of hydrogen-bond donors (Lipinski definition) is 0. The van der Waals surface area contributed by atoms with E-state index in [1.807, 2.05) is 11.8 Å². The van der Waals surface area contributed by atoms with Crippen LogP contribution in [0.2, 0.25) is 0 Å². The summed E-state index contributed by atoms with van der Waals surface area (Å²) in [4.78, 5) is 36.8. The number of ether oxygens (including phenoxy) is 1. The molecular weight excluding hydrogens is 352 g/mol. The minimum Gasteiger partial charge on any atom is -0.453 e. The summed E-state index contributed by atoms with van der Waals surface area (Å²) in [6.45, 7) is 7.81. The third kappa shape index (κ3) is 3.95. The van der Waals surface area contributed by atoms with Gasteiger partial charge >= 0.3 is 6.09 Å². The molecule has 144 valence electrons. The number of carbonyl (C=O) groups excluding carboxylic acids is 2. The Kier molecular flexibility index (Phi) is 6.01. The lowest BCUT2D eigenvalue weighted by atomic mass is 10.0. The van der Waals surface area contributed by atoms with E-state index in [9.17, 15) is 9.59 Å². The van der Waals surface area contributed by atoms with Crippen LogP contribution >= 0.6 is 11.3 Å². The first-order chi connectivity index (χ1) is 12.5. The van der Waals surface area contributed by atoms with Crippen molar-refractivity contribution in [2.75, 3.05) is 44.7 Å². The van der Waals surface area contributed by atoms with Gasteiger partial charge in [0.15, 0.2) is 5.13 Å². The topological polar surface area (TPSA) is 66.0 Å². The van der Waals surface area contributed by atoms with E-state index in [2.05, 4.69) is 16.8 Å². The fraction of sp³-hybridized carbons (Fsp3) is 0.722. The Morgan fingerprint density at radius 2 is 1.88 bits per heavy atom. The Morgan fingerprint density at radius 3 is 2.58 bits per heavy atom. The highest BCUT2D eigenvalue weighted by Gasteiger charge is 2.36. The molecule has 26 heavy (non-hydrogen) atoms. The van der Waals surface area contributed by atoms with Gasteiger partial charge in [0.1, 0.15) is 6.04 Å². The molecular formula is C18H28N4O3S. The summed E-state index contributed by atoms with van der Waals surface area (Å²) in [6, 6.07) is -0.382. The van der Waals surface area contributed by atoms with E-state index < -0.39 is 6.09 Å². The van der Waals surface area contributed by atoms with Gasteiger partial charge in [-0.05, 0) is 39.5 Å². The van der Waals surface area contributed by atoms with Gasteiger partial charge in [-0.2, -0.15) is 0 Å². The van der Waals surface area contributed by atoms with Crippen molar-refractivity contribution in [2.45, 2.75) is 45.6 Å². The number of likely N-dealkylation sites (tertiary alicyclic amines) is 1. The molecule has 0 saturated carbocycles. The normalized spacial score (nSPS) is 21.5. The molecule has 1 unspecified atom stereocenters. The zero-order chi connectivity index (χ0) is 18.7. The van der Waals surface area contributed by atoms with Crippen LogP contribution in [0.4, 0.5) is 9.93 Å².